The highest BCUT2D eigenvalue weighted by molar-refractivity contribution is 5.80. The van der Waals surface area contributed by atoms with E-state index >= 15 is 0 Å². The Bertz CT molecular complexity index is 982. The highest BCUT2D eigenvalue weighted by Crippen LogP contribution is 2.18. The van der Waals surface area contributed by atoms with Gasteiger partial charge < -0.3 is 20.6 Å². The molecule has 5 nitrogen and oxygen atoms in total. The molecule has 0 radical (unpaired) electrons. The maximum Gasteiger partial charge on any atom is 0.249 e. The van der Waals surface area contributed by atoms with Crippen LogP contribution in [-0.2, 0) is 4.79 Å². The molecule has 0 aromatic heterocycles. The number of carbonyl (C=O) groups is 1. The molecule has 392 valence electrons. The number of rotatable bonds is 56. The Labute approximate surface area is 413 Å². The van der Waals surface area contributed by atoms with Gasteiger partial charge in [-0.3, -0.25) is 4.79 Å². The van der Waals surface area contributed by atoms with E-state index in [0.717, 1.165) is 38.5 Å². The predicted octanol–water partition coefficient (Wildman–Crippen LogP) is 18.8. The number of allylic oxidation sites excluding steroid dienone is 3. The molecule has 1 amide bonds. The van der Waals surface area contributed by atoms with Crippen LogP contribution >= 0.6 is 0 Å². The van der Waals surface area contributed by atoms with Crippen LogP contribution in [0.2, 0.25) is 0 Å². The van der Waals surface area contributed by atoms with Crippen LogP contribution in [0.4, 0.5) is 0 Å². The molecule has 5 heteroatoms. The van der Waals surface area contributed by atoms with Crippen LogP contribution in [-0.4, -0.2) is 46.1 Å². The molecule has 0 aliphatic rings. The first-order valence-electron chi connectivity index (χ1n) is 30.2. The maximum atomic E-state index is 12.5. The Morgan fingerprint density at radius 1 is 0.364 bits per heavy atom. The molecule has 0 bridgehead atoms. The Hall–Kier alpha value is -1.17. The molecule has 0 spiro atoms. The molecule has 0 aromatic rings. The Balaban J connectivity index is 3.46. The summed E-state index contributed by atoms with van der Waals surface area (Å²) in [6, 6.07) is -0.812. The minimum absolute atomic E-state index is 0.373. The lowest BCUT2D eigenvalue weighted by Gasteiger charge is -2.21. The Morgan fingerprint density at radius 2 is 0.621 bits per heavy atom. The second-order valence-corrected chi connectivity index (χ2v) is 20.9. The van der Waals surface area contributed by atoms with Crippen molar-refractivity contribution < 1.29 is 20.1 Å². The number of hydrogen-bond acceptors (Lipinski definition) is 4. The summed E-state index contributed by atoms with van der Waals surface area (Å²) in [6.45, 7) is 4.20. The Morgan fingerprint density at radius 3 is 0.924 bits per heavy atom. The monoisotopic (exact) mass is 930 g/mol. The lowest BCUT2D eigenvalue weighted by atomic mass is 10.0. The standard InChI is InChI=1S/C61H119NO4/c1-3-5-7-9-11-13-15-17-19-21-22-23-24-25-26-27-28-29-30-31-32-33-34-35-36-37-38-39-40-42-44-46-48-50-52-54-56-60(65)61(66)62-58(57-63)59(64)55-53-51-49-47-45-43-41-20-18-16-14-12-10-8-6-4-2/h45,47,53,55,58-60,63-65H,3-44,46,48-52,54,56-57H2,1-2H3,(H,62,66)/b47-45+,55-53+. The van der Waals surface area contributed by atoms with Gasteiger partial charge in [-0.1, -0.05) is 327 Å². The third-order valence-corrected chi connectivity index (χ3v) is 14.3. The summed E-state index contributed by atoms with van der Waals surface area (Å²) in [5.41, 5.74) is 0. The van der Waals surface area contributed by atoms with Gasteiger partial charge in [0.2, 0.25) is 5.91 Å². The van der Waals surface area contributed by atoms with Gasteiger partial charge in [0.25, 0.3) is 0 Å². The van der Waals surface area contributed by atoms with Crippen LogP contribution in [0.15, 0.2) is 24.3 Å². The van der Waals surface area contributed by atoms with E-state index in [1.54, 1.807) is 6.08 Å². The molecule has 0 heterocycles. The molecule has 0 rings (SSSR count). The summed E-state index contributed by atoms with van der Waals surface area (Å²) in [6.07, 6.45) is 72.9. The van der Waals surface area contributed by atoms with E-state index in [-0.39, 0.29) is 6.61 Å². The summed E-state index contributed by atoms with van der Waals surface area (Å²) in [4.78, 5) is 12.5. The first kappa shape index (κ1) is 64.8. The maximum absolute atomic E-state index is 12.5. The van der Waals surface area contributed by atoms with Crippen LogP contribution in [0.5, 0.6) is 0 Å². The number of hydrogen-bond donors (Lipinski definition) is 4. The molecule has 3 atom stereocenters. The molecule has 0 aliphatic carbocycles. The van der Waals surface area contributed by atoms with E-state index in [4.69, 9.17) is 0 Å². The fourth-order valence-electron chi connectivity index (χ4n) is 9.62. The normalized spacial score (nSPS) is 13.3. The summed E-state index contributed by atoms with van der Waals surface area (Å²) in [5.74, 6) is -0.507. The molecule has 0 fully saturated rings. The van der Waals surface area contributed by atoms with Crippen molar-refractivity contribution in [3.05, 3.63) is 24.3 Å². The van der Waals surface area contributed by atoms with Gasteiger partial charge in [-0.15, -0.1) is 0 Å². The van der Waals surface area contributed by atoms with Gasteiger partial charge >= 0.3 is 0 Å². The van der Waals surface area contributed by atoms with Crippen molar-refractivity contribution in [2.45, 2.75) is 353 Å². The minimum atomic E-state index is -1.10. The van der Waals surface area contributed by atoms with Gasteiger partial charge in [-0.05, 0) is 32.1 Å². The second-order valence-electron chi connectivity index (χ2n) is 20.9. The molecule has 3 unspecified atom stereocenters. The first-order valence-corrected chi connectivity index (χ1v) is 30.2. The molecule has 4 N–H and O–H groups in total. The Kier molecular flexibility index (Phi) is 55.4. The van der Waals surface area contributed by atoms with E-state index in [1.807, 2.05) is 6.08 Å². The van der Waals surface area contributed by atoms with Crippen LogP contribution in [0, 0.1) is 0 Å². The predicted molar refractivity (Wildman–Crippen MR) is 292 cm³/mol. The summed E-state index contributed by atoms with van der Waals surface area (Å²) >= 11 is 0. The zero-order chi connectivity index (χ0) is 47.9. The average molecular weight is 931 g/mol. The molecule has 0 aromatic carbocycles. The minimum Gasteiger partial charge on any atom is -0.394 e. The van der Waals surface area contributed by atoms with Crippen LogP contribution < -0.4 is 5.32 Å². The first-order chi connectivity index (χ1) is 32.6. The lowest BCUT2D eigenvalue weighted by Crippen LogP contribution is -2.48. The smallest absolute Gasteiger partial charge is 0.249 e. The topological polar surface area (TPSA) is 89.8 Å². The van der Waals surface area contributed by atoms with Gasteiger partial charge in [0.1, 0.15) is 6.10 Å². The van der Waals surface area contributed by atoms with Gasteiger partial charge in [0, 0.05) is 0 Å². The molecule has 0 saturated heterocycles. The molecule has 0 aliphatic heterocycles. The highest BCUT2D eigenvalue weighted by atomic mass is 16.3. The number of aliphatic hydroxyl groups is 3. The number of amides is 1. The van der Waals surface area contributed by atoms with Crippen molar-refractivity contribution >= 4 is 5.91 Å². The number of unbranched alkanes of at least 4 members (excludes halogenated alkanes) is 46. The van der Waals surface area contributed by atoms with Gasteiger partial charge in [-0.25, -0.2) is 0 Å². The molecular weight excluding hydrogens is 811 g/mol. The van der Waals surface area contributed by atoms with Crippen molar-refractivity contribution in [3.8, 4) is 0 Å². The van der Waals surface area contributed by atoms with E-state index in [9.17, 15) is 20.1 Å². The van der Waals surface area contributed by atoms with Gasteiger partial charge in [0.15, 0.2) is 0 Å². The number of carbonyl (C=O) groups excluding carboxylic acids is 1. The van der Waals surface area contributed by atoms with Gasteiger partial charge in [-0.2, -0.15) is 0 Å². The largest absolute Gasteiger partial charge is 0.394 e. The number of aliphatic hydroxyl groups excluding tert-OH is 3. The van der Waals surface area contributed by atoms with Gasteiger partial charge in [0.05, 0.1) is 18.8 Å². The zero-order valence-corrected chi connectivity index (χ0v) is 44.9. The third-order valence-electron chi connectivity index (χ3n) is 14.3. The van der Waals surface area contributed by atoms with Crippen molar-refractivity contribution in [1.29, 1.82) is 0 Å². The summed E-state index contributed by atoms with van der Waals surface area (Å²) < 4.78 is 0. The summed E-state index contributed by atoms with van der Waals surface area (Å²) in [7, 11) is 0. The van der Waals surface area contributed by atoms with E-state index in [1.165, 1.54) is 276 Å². The van der Waals surface area contributed by atoms with Crippen molar-refractivity contribution in [3.63, 3.8) is 0 Å². The highest BCUT2D eigenvalue weighted by Gasteiger charge is 2.22. The molecule has 0 saturated carbocycles. The second kappa shape index (κ2) is 56.4. The van der Waals surface area contributed by atoms with E-state index in [0.29, 0.717) is 6.42 Å². The average Bonchev–Trinajstić information content (AvgIpc) is 3.32. The third kappa shape index (κ3) is 50.7. The quantitative estimate of drug-likeness (QED) is 0.0361. The molecular formula is C61H119NO4. The summed E-state index contributed by atoms with van der Waals surface area (Å²) in [5, 5.41) is 33.3. The van der Waals surface area contributed by atoms with E-state index < -0.39 is 24.2 Å². The van der Waals surface area contributed by atoms with Crippen LogP contribution in [0.25, 0.3) is 0 Å². The zero-order valence-electron chi connectivity index (χ0n) is 44.9. The SMILES string of the molecule is CCCCCCCCCCCC/C=C/CC/C=C/C(O)C(CO)NC(=O)C(O)CCCCCCCCCCCCCCCCCCCCCCCCCCCCCCCCCCCCCC. The van der Waals surface area contributed by atoms with Crippen molar-refractivity contribution in [2.75, 3.05) is 6.61 Å². The fraction of sp³-hybridized carbons (Fsp3) is 0.918. The van der Waals surface area contributed by atoms with Crippen molar-refractivity contribution in [2.24, 2.45) is 0 Å². The van der Waals surface area contributed by atoms with Crippen LogP contribution in [0.1, 0.15) is 335 Å². The van der Waals surface area contributed by atoms with Crippen LogP contribution in [0.3, 0.4) is 0 Å². The van der Waals surface area contributed by atoms with E-state index in [2.05, 4.69) is 31.3 Å². The number of nitrogens with one attached hydrogen (secondary N) is 1. The van der Waals surface area contributed by atoms with Crippen molar-refractivity contribution in [1.82, 2.24) is 5.32 Å². The lowest BCUT2D eigenvalue weighted by molar-refractivity contribution is -0.131. The molecule has 66 heavy (non-hydrogen) atoms. The fourth-order valence-corrected chi connectivity index (χ4v) is 9.62.